The number of aliphatic hydroxyl groups excluding tert-OH is 1. The lowest BCUT2D eigenvalue weighted by molar-refractivity contribution is -0.159. The number of rotatable bonds is 7. The summed E-state index contributed by atoms with van der Waals surface area (Å²) in [6.07, 6.45) is 1.55. The first-order valence-electron chi connectivity index (χ1n) is 11.7. The second-order valence-electron chi connectivity index (χ2n) is 8.85. The van der Waals surface area contributed by atoms with Crippen molar-refractivity contribution in [3.63, 3.8) is 0 Å². The van der Waals surface area contributed by atoms with E-state index >= 15 is 0 Å². The van der Waals surface area contributed by atoms with E-state index in [2.05, 4.69) is 0 Å². The van der Waals surface area contributed by atoms with Crippen LogP contribution >= 0.6 is 11.6 Å². The molecule has 2 bridgehead atoms. The molecule has 2 rings (SSSR count). The molecule has 11 heteroatoms. The lowest BCUT2D eigenvalue weighted by Crippen LogP contribution is -2.37. The van der Waals surface area contributed by atoms with Crippen molar-refractivity contribution in [1.29, 1.82) is 0 Å². The van der Waals surface area contributed by atoms with Gasteiger partial charge in [-0.15, -0.1) is 0 Å². The molecule has 10 nitrogen and oxygen atoms in total. The first-order chi connectivity index (χ1) is 16.9. The molecule has 1 unspecified atom stereocenters. The normalized spacial score (nSPS) is 29.5. The van der Waals surface area contributed by atoms with Gasteiger partial charge in [-0.1, -0.05) is 35.4 Å². The van der Waals surface area contributed by atoms with Crippen molar-refractivity contribution >= 4 is 35.5 Å². The molecule has 1 fully saturated rings. The van der Waals surface area contributed by atoms with E-state index in [0.717, 1.165) is 0 Å². The summed E-state index contributed by atoms with van der Waals surface area (Å²) in [6.45, 7) is 3.83. The van der Waals surface area contributed by atoms with Crippen molar-refractivity contribution in [3.8, 4) is 0 Å². The Morgan fingerprint density at radius 1 is 1.22 bits per heavy atom. The van der Waals surface area contributed by atoms with Crippen molar-refractivity contribution in [3.05, 3.63) is 34.4 Å². The number of halogens is 1. The van der Waals surface area contributed by atoms with Crippen LogP contribution in [0.5, 0.6) is 0 Å². The van der Waals surface area contributed by atoms with E-state index in [1.165, 1.54) is 19.9 Å². The second-order valence-corrected chi connectivity index (χ2v) is 9.33. The van der Waals surface area contributed by atoms with E-state index < -0.39 is 48.3 Å². The Hall–Kier alpha value is -2.69. The second kappa shape index (κ2) is 14.2. The fraction of sp³-hybridized carbons (Fsp3) is 0.600. The maximum Gasteiger partial charge on any atom is 0.310 e. The highest BCUT2D eigenvalue weighted by molar-refractivity contribution is 6.29. The van der Waals surface area contributed by atoms with E-state index in [1.54, 1.807) is 19.1 Å². The Labute approximate surface area is 214 Å². The number of hydrogen-bond donors (Lipinski definition) is 2. The van der Waals surface area contributed by atoms with Crippen molar-refractivity contribution in [2.75, 3.05) is 6.61 Å². The molecule has 1 saturated heterocycles. The number of carbonyl (C=O) groups is 4. The van der Waals surface area contributed by atoms with Crippen molar-refractivity contribution < 1.29 is 48.3 Å². The van der Waals surface area contributed by atoms with Crippen LogP contribution in [0.2, 0.25) is 0 Å². The van der Waals surface area contributed by atoms with Gasteiger partial charge in [-0.05, 0) is 26.2 Å². The van der Waals surface area contributed by atoms with Gasteiger partial charge in [0.2, 0.25) is 0 Å². The third kappa shape index (κ3) is 10.1. The number of allylic oxidation sites excluding steroid dienone is 3. The van der Waals surface area contributed by atoms with Gasteiger partial charge in [0, 0.05) is 30.9 Å². The van der Waals surface area contributed by atoms with Crippen LogP contribution in [0.25, 0.3) is 0 Å². The van der Waals surface area contributed by atoms with Gasteiger partial charge in [-0.3, -0.25) is 19.2 Å². The summed E-state index contributed by atoms with van der Waals surface area (Å²) in [5, 5.41) is 20.3. The molecule has 0 amide bonds. The Balaban J connectivity index is 2.32. The molecule has 0 aromatic heterocycles. The molecule has 2 N–H and O–H groups in total. The lowest BCUT2D eigenvalue weighted by Gasteiger charge is -2.24. The zero-order valence-corrected chi connectivity index (χ0v) is 21.4. The highest BCUT2D eigenvalue weighted by atomic mass is 35.5. The first-order valence-corrected chi connectivity index (χ1v) is 12.1. The minimum Gasteiger partial charge on any atom is -0.481 e. The number of esters is 3. The van der Waals surface area contributed by atoms with Gasteiger partial charge in [0.25, 0.3) is 0 Å². The molecular weight excluding hydrogens is 496 g/mol. The number of hydrogen-bond acceptors (Lipinski definition) is 9. The standard InChI is InChI=1S/C25H33ClO10/c1-14(10-23(30)31)9-20(29)25-22-11-19(35-25)8-7-18(26)6-4-5-17(13-33-15(2)27)21(34-16(3)28)12-24(32)36-22/h5-6,9,19-22,25,29H,4,7-8,10-13H2,1-3H3,(H,30,31)/b14-9+,17-5-,18-6-/t19-,20-,21-,22?,25-/m1/s1. The number of aliphatic carboxylic acids is 1. The van der Waals surface area contributed by atoms with E-state index in [4.69, 9.17) is 35.7 Å². The largest absolute Gasteiger partial charge is 0.481 e. The third-order valence-electron chi connectivity index (χ3n) is 5.66. The molecule has 36 heavy (non-hydrogen) atoms. The average molecular weight is 529 g/mol. The first kappa shape index (κ1) is 29.5. The van der Waals surface area contributed by atoms with Gasteiger partial charge in [-0.25, -0.2) is 0 Å². The summed E-state index contributed by atoms with van der Waals surface area (Å²) in [5.74, 6) is -2.90. The van der Waals surface area contributed by atoms with E-state index in [9.17, 15) is 24.3 Å². The van der Waals surface area contributed by atoms with Crippen molar-refractivity contribution in [1.82, 2.24) is 0 Å². The van der Waals surface area contributed by atoms with Gasteiger partial charge in [0.05, 0.1) is 18.9 Å². The number of ether oxygens (including phenoxy) is 4. The highest BCUT2D eigenvalue weighted by Gasteiger charge is 2.41. The maximum atomic E-state index is 12.9. The molecule has 0 radical (unpaired) electrons. The van der Waals surface area contributed by atoms with Crippen LogP contribution < -0.4 is 0 Å². The summed E-state index contributed by atoms with van der Waals surface area (Å²) in [6, 6.07) is 0. The topological polar surface area (TPSA) is 146 Å². The molecule has 0 aliphatic carbocycles. The SMILES string of the molecule is CC(=O)OC/C1=C/C/C=C(\Cl)CC[C@@H]2CC(OC(=O)C[C@H]1OC(C)=O)[C@@H]([C@H](O)/C=C(\C)CC(=O)O)O2. The monoisotopic (exact) mass is 528 g/mol. The Morgan fingerprint density at radius 2 is 1.94 bits per heavy atom. The van der Waals surface area contributed by atoms with E-state index in [-0.39, 0.29) is 25.6 Å². The Morgan fingerprint density at radius 3 is 2.58 bits per heavy atom. The molecule has 5 atom stereocenters. The number of aliphatic hydroxyl groups is 1. The van der Waals surface area contributed by atoms with Crippen LogP contribution in [-0.2, 0) is 38.1 Å². The maximum absolute atomic E-state index is 12.9. The van der Waals surface area contributed by atoms with Crippen LogP contribution in [0.3, 0.4) is 0 Å². The molecule has 0 aromatic carbocycles. The Bertz CT molecular complexity index is 922. The van der Waals surface area contributed by atoms with Crippen LogP contribution in [-0.4, -0.2) is 71.2 Å². The van der Waals surface area contributed by atoms with Crippen molar-refractivity contribution in [2.45, 2.75) is 89.8 Å². The predicted octanol–water partition coefficient (Wildman–Crippen LogP) is 2.96. The summed E-state index contributed by atoms with van der Waals surface area (Å²) >= 11 is 6.36. The molecule has 2 heterocycles. The van der Waals surface area contributed by atoms with Crippen LogP contribution in [0.1, 0.15) is 59.3 Å². The smallest absolute Gasteiger partial charge is 0.310 e. The van der Waals surface area contributed by atoms with Crippen LogP contribution in [0.15, 0.2) is 34.4 Å². The molecule has 2 aliphatic heterocycles. The molecule has 200 valence electrons. The van der Waals surface area contributed by atoms with E-state index in [1.807, 2.05) is 0 Å². The zero-order valence-electron chi connectivity index (χ0n) is 20.6. The highest BCUT2D eigenvalue weighted by Crippen LogP contribution is 2.31. The Kier molecular flexibility index (Phi) is 11.6. The molecular formula is C25H33ClO10. The van der Waals surface area contributed by atoms with Crippen LogP contribution in [0.4, 0.5) is 0 Å². The van der Waals surface area contributed by atoms with Gasteiger partial charge in [0.15, 0.2) is 0 Å². The third-order valence-corrected chi connectivity index (χ3v) is 6.00. The van der Waals surface area contributed by atoms with Crippen molar-refractivity contribution in [2.24, 2.45) is 0 Å². The summed E-state index contributed by atoms with van der Waals surface area (Å²) in [4.78, 5) is 46.9. The van der Waals surface area contributed by atoms with Gasteiger partial charge in [-0.2, -0.15) is 0 Å². The van der Waals surface area contributed by atoms with Gasteiger partial charge >= 0.3 is 23.9 Å². The number of carboxylic acid groups (broad SMARTS) is 1. The lowest BCUT2D eigenvalue weighted by atomic mass is 10.0. The van der Waals surface area contributed by atoms with E-state index in [0.29, 0.717) is 41.9 Å². The summed E-state index contributed by atoms with van der Waals surface area (Å²) < 4.78 is 22.1. The number of carbonyl (C=O) groups excluding carboxylic acids is 3. The quantitative estimate of drug-likeness (QED) is 0.287. The summed E-state index contributed by atoms with van der Waals surface area (Å²) in [7, 11) is 0. The van der Waals surface area contributed by atoms with Gasteiger partial charge < -0.3 is 29.2 Å². The molecule has 0 saturated carbocycles. The fourth-order valence-corrected chi connectivity index (χ4v) is 4.27. The minimum atomic E-state index is -1.21. The van der Waals surface area contributed by atoms with Crippen LogP contribution in [0, 0.1) is 0 Å². The molecule has 0 aromatic rings. The summed E-state index contributed by atoms with van der Waals surface area (Å²) in [5.41, 5.74) is 0.832. The zero-order chi connectivity index (χ0) is 26.8. The van der Waals surface area contributed by atoms with Gasteiger partial charge in [0.1, 0.15) is 31.0 Å². The average Bonchev–Trinajstić information content (AvgIpc) is 3.15. The number of carboxylic acids is 1. The molecule has 0 spiro atoms. The predicted molar refractivity (Wildman–Crippen MR) is 128 cm³/mol. The molecule has 2 aliphatic rings. The fourth-order valence-electron chi connectivity index (χ4n) is 4.07. The number of fused-ring (bicyclic) bond motifs is 2. The minimum absolute atomic E-state index is 0.185.